The van der Waals surface area contributed by atoms with E-state index in [0.717, 1.165) is 34.0 Å². The summed E-state index contributed by atoms with van der Waals surface area (Å²) in [5, 5.41) is 5.53. The third-order valence-corrected chi connectivity index (χ3v) is 4.45. The van der Waals surface area contributed by atoms with Gasteiger partial charge in [0.05, 0.1) is 24.2 Å². The molecule has 1 aromatic heterocycles. The van der Waals surface area contributed by atoms with Gasteiger partial charge in [-0.3, -0.25) is 0 Å². The van der Waals surface area contributed by atoms with Gasteiger partial charge in [-0.1, -0.05) is 60.1 Å². The van der Waals surface area contributed by atoms with Gasteiger partial charge in [-0.25, -0.2) is 4.68 Å². The molecule has 0 bridgehead atoms. The quantitative estimate of drug-likeness (QED) is 0.455. The van der Waals surface area contributed by atoms with Crippen LogP contribution in [0.3, 0.4) is 0 Å². The summed E-state index contributed by atoms with van der Waals surface area (Å²) in [6, 6.07) is 27.9. The average Bonchev–Trinajstić information content (AvgIpc) is 3.14. The Morgan fingerprint density at radius 3 is 2.38 bits per heavy atom. The Labute approximate surface area is 157 Å². The van der Waals surface area contributed by atoms with Crippen molar-refractivity contribution in [2.45, 2.75) is 0 Å². The highest BCUT2D eigenvalue weighted by molar-refractivity contribution is 6.30. The van der Waals surface area contributed by atoms with Gasteiger partial charge in [0, 0.05) is 16.1 Å². The molecule has 3 nitrogen and oxygen atoms in total. The number of ether oxygens (including phenoxy) is 1. The maximum Gasteiger partial charge on any atom is 0.128 e. The van der Waals surface area contributed by atoms with Gasteiger partial charge in [-0.05, 0) is 36.4 Å². The van der Waals surface area contributed by atoms with Crippen molar-refractivity contribution < 1.29 is 4.74 Å². The largest absolute Gasteiger partial charge is 0.496 e. The van der Waals surface area contributed by atoms with Crippen molar-refractivity contribution in [1.82, 2.24) is 9.78 Å². The summed E-state index contributed by atoms with van der Waals surface area (Å²) in [5.74, 6) is 0.794. The van der Waals surface area contributed by atoms with Crippen molar-refractivity contribution in [3.63, 3.8) is 0 Å². The van der Waals surface area contributed by atoms with E-state index in [4.69, 9.17) is 21.4 Å². The fraction of sp³-hybridized carbons (Fsp3) is 0.0455. The van der Waals surface area contributed by atoms with Gasteiger partial charge in [0.25, 0.3) is 0 Å². The van der Waals surface area contributed by atoms with Gasteiger partial charge in [0.2, 0.25) is 0 Å². The van der Waals surface area contributed by atoms with E-state index in [1.54, 1.807) is 7.11 Å². The second kappa shape index (κ2) is 7.06. The van der Waals surface area contributed by atoms with E-state index < -0.39 is 0 Å². The van der Waals surface area contributed by atoms with Crippen molar-refractivity contribution in [2.75, 3.05) is 7.11 Å². The van der Waals surface area contributed by atoms with E-state index >= 15 is 0 Å². The van der Waals surface area contributed by atoms with Crippen molar-refractivity contribution in [2.24, 2.45) is 0 Å². The number of hydrogen-bond acceptors (Lipinski definition) is 2. The summed E-state index contributed by atoms with van der Waals surface area (Å²) >= 11 is 6.20. The molecule has 0 N–H and O–H groups in total. The first kappa shape index (κ1) is 16.4. The van der Waals surface area contributed by atoms with Gasteiger partial charge in [-0.15, -0.1) is 0 Å². The lowest BCUT2D eigenvalue weighted by Gasteiger charge is -2.08. The zero-order valence-corrected chi connectivity index (χ0v) is 15.0. The zero-order valence-electron chi connectivity index (χ0n) is 14.3. The predicted octanol–water partition coefficient (Wildman–Crippen LogP) is 5.87. The molecule has 0 unspecified atom stereocenters. The number of hydrogen-bond donors (Lipinski definition) is 0. The summed E-state index contributed by atoms with van der Waals surface area (Å²) in [6.07, 6.45) is 0. The first-order chi connectivity index (χ1) is 12.8. The Kier molecular flexibility index (Phi) is 4.46. The molecular weight excluding hydrogens is 344 g/mol. The predicted molar refractivity (Wildman–Crippen MR) is 106 cm³/mol. The zero-order chi connectivity index (χ0) is 17.9. The van der Waals surface area contributed by atoms with Crippen molar-refractivity contribution in [3.05, 3.63) is 90.0 Å². The third kappa shape index (κ3) is 3.09. The van der Waals surface area contributed by atoms with Crippen LogP contribution in [0.4, 0.5) is 0 Å². The molecule has 1 heterocycles. The molecule has 26 heavy (non-hydrogen) atoms. The van der Waals surface area contributed by atoms with E-state index in [9.17, 15) is 0 Å². The standard InChI is InChI=1S/C22H17ClN2O/c1-26-22-13-6-5-12-19(22)20-15-21(16-8-3-2-4-9-16)25(24-20)18-11-7-10-17(23)14-18/h2-15H,1H3. The molecule has 0 atom stereocenters. The van der Waals surface area contributed by atoms with Crippen LogP contribution in [0.1, 0.15) is 0 Å². The first-order valence-electron chi connectivity index (χ1n) is 8.31. The Hall–Kier alpha value is -3.04. The number of halogens is 1. The van der Waals surface area contributed by atoms with E-state index in [-0.39, 0.29) is 0 Å². The summed E-state index contributed by atoms with van der Waals surface area (Å²) in [5.41, 5.74) is 4.79. The van der Waals surface area contributed by atoms with E-state index in [0.29, 0.717) is 5.02 Å². The second-order valence-corrected chi connectivity index (χ2v) is 6.31. The minimum atomic E-state index is 0.677. The van der Waals surface area contributed by atoms with Crippen LogP contribution in [0.5, 0.6) is 5.75 Å². The number of nitrogens with zero attached hydrogens (tertiary/aromatic N) is 2. The smallest absolute Gasteiger partial charge is 0.128 e. The van der Waals surface area contributed by atoms with Gasteiger partial charge in [0.1, 0.15) is 5.75 Å². The molecule has 0 aliphatic carbocycles. The fourth-order valence-electron chi connectivity index (χ4n) is 2.99. The number of para-hydroxylation sites is 1. The third-order valence-electron chi connectivity index (χ3n) is 4.21. The molecular formula is C22H17ClN2O. The van der Waals surface area contributed by atoms with Gasteiger partial charge < -0.3 is 4.74 Å². The number of aromatic nitrogens is 2. The monoisotopic (exact) mass is 360 g/mol. The summed E-state index contributed by atoms with van der Waals surface area (Å²) < 4.78 is 7.43. The minimum Gasteiger partial charge on any atom is -0.496 e. The van der Waals surface area contributed by atoms with E-state index in [1.807, 2.05) is 71.4 Å². The summed E-state index contributed by atoms with van der Waals surface area (Å²) in [7, 11) is 1.67. The van der Waals surface area contributed by atoms with Crippen LogP contribution in [-0.2, 0) is 0 Å². The topological polar surface area (TPSA) is 27.1 Å². The average molecular weight is 361 g/mol. The first-order valence-corrected chi connectivity index (χ1v) is 8.69. The Bertz CT molecular complexity index is 1040. The molecule has 0 spiro atoms. The molecule has 3 aromatic carbocycles. The normalized spacial score (nSPS) is 10.7. The highest BCUT2D eigenvalue weighted by Gasteiger charge is 2.15. The molecule has 128 valence electrons. The molecule has 0 saturated heterocycles. The molecule has 0 saturated carbocycles. The molecule has 0 aliphatic rings. The van der Waals surface area contributed by atoms with Crippen molar-refractivity contribution >= 4 is 11.6 Å². The lowest BCUT2D eigenvalue weighted by atomic mass is 10.1. The summed E-state index contributed by atoms with van der Waals surface area (Å²) in [4.78, 5) is 0. The van der Waals surface area contributed by atoms with E-state index in [2.05, 4.69) is 18.2 Å². The Morgan fingerprint density at radius 2 is 1.62 bits per heavy atom. The highest BCUT2D eigenvalue weighted by Crippen LogP contribution is 2.33. The van der Waals surface area contributed by atoms with Crippen LogP contribution in [0.2, 0.25) is 5.02 Å². The van der Waals surface area contributed by atoms with Gasteiger partial charge in [-0.2, -0.15) is 5.10 Å². The fourth-order valence-corrected chi connectivity index (χ4v) is 3.17. The molecule has 0 aliphatic heterocycles. The Morgan fingerprint density at radius 1 is 0.846 bits per heavy atom. The maximum absolute atomic E-state index is 6.20. The lowest BCUT2D eigenvalue weighted by molar-refractivity contribution is 0.416. The van der Waals surface area contributed by atoms with Crippen LogP contribution < -0.4 is 4.74 Å². The summed E-state index contributed by atoms with van der Waals surface area (Å²) in [6.45, 7) is 0. The molecule has 4 heteroatoms. The molecule has 0 amide bonds. The van der Waals surface area contributed by atoms with Gasteiger partial charge >= 0.3 is 0 Å². The van der Waals surface area contributed by atoms with Gasteiger partial charge in [0.15, 0.2) is 0 Å². The minimum absolute atomic E-state index is 0.677. The SMILES string of the molecule is COc1ccccc1-c1cc(-c2ccccc2)n(-c2cccc(Cl)c2)n1. The molecule has 4 rings (SSSR count). The van der Waals surface area contributed by atoms with Crippen LogP contribution in [0, 0.1) is 0 Å². The maximum atomic E-state index is 6.20. The van der Waals surface area contributed by atoms with Crippen molar-refractivity contribution in [3.8, 4) is 34.0 Å². The van der Waals surface area contributed by atoms with Crippen LogP contribution in [0.25, 0.3) is 28.2 Å². The number of methoxy groups -OCH3 is 1. The Balaban J connectivity index is 1.94. The van der Waals surface area contributed by atoms with E-state index in [1.165, 1.54) is 0 Å². The van der Waals surface area contributed by atoms with Crippen LogP contribution >= 0.6 is 11.6 Å². The number of rotatable bonds is 4. The molecule has 4 aromatic rings. The molecule has 0 fully saturated rings. The molecule has 0 radical (unpaired) electrons. The lowest BCUT2D eigenvalue weighted by Crippen LogP contribution is -1.99. The van der Waals surface area contributed by atoms with Crippen LogP contribution in [-0.4, -0.2) is 16.9 Å². The number of benzene rings is 3. The van der Waals surface area contributed by atoms with Crippen LogP contribution in [0.15, 0.2) is 84.9 Å². The van der Waals surface area contributed by atoms with Crippen molar-refractivity contribution in [1.29, 1.82) is 0 Å². The second-order valence-electron chi connectivity index (χ2n) is 5.87. The highest BCUT2D eigenvalue weighted by atomic mass is 35.5.